The van der Waals surface area contributed by atoms with Crippen LogP contribution in [0.25, 0.3) is 11.1 Å². The number of benzene rings is 8. The van der Waals surface area contributed by atoms with E-state index in [1.54, 1.807) is 0 Å². The number of ether oxygens (including phenoxy) is 1. The van der Waals surface area contributed by atoms with Crippen molar-refractivity contribution in [2.75, 3.05) is 9.80 Å². The maximum absolute atomic E-state index is 7.03. The minimum absolute atomic E-state index is 0.0126. The van der Waals surface area contributed by atoms with Crippen LogP contribution in [0.4, 0.5) is 34.1 Å². The van der Waals surface area contributed by atoms with Crippen molar-refractivity contribution < 1.29 is 4.74 Å². The van der Waals surface area contributed by atoms with E-state index in [1.165, 1.54) is 61.0 Å². The molecule has 0 unspecified atom stereocenters. The minimum Gasteiger partial charge on any atom is -0.458 e. The average Bonchev–Trinajstić information content (AvgIpc) is 3.23. The van der Waals surface area contributed by atoms with E-state index in [9.17, 15) is 0 Å². The molecule has 0 radical (unpaired) electrons. The van der Waals surface area contributed by atoms with Crippen molar-refractivity contribution in [2.45, 2.75) is 0 Å². The summed E-state index contributed by atoms with van der Waals surface area (Å²) in [7, 11) is 0. The summed E-state index contributed by atoms with van der Waals surface area (Å²) < 4.78 is 7.03. The number of rotatable bonds is 4. The van der Waals surface area contributed by atoms with Gasteiger partial charge in [0.15, 0.2) is 0 Å². The van der Waals surface area contributed by atoms with Crippen molar-refractivity contribution >= 4 is 80.3 Å². The van der Waals surface area contributed by atoms with Gasteiger partial charge in [0.05, 0.1) is 0 Å². The fourth-order valence-corrected chi connectivity index (χ4v) is 8.97. The number of para-hydroxylation sites is 4. The molecule has 0 saturated carbocycles. The molecule has 246 valence electrons. The van der Waals surface area contributed by atoms with Crippen LogP contribution >= 0.6 is 0 Å². The van der Waals surface area contributed by atoms with E-state index in [-0.39, 0.29) is 13.4 Å². The van der Waals surface area contributed by atoms with E-state index in [1.807, 2.05) is 0 Å². The Morgan fingerprint density at radius 1 is 0.358 bits per heavy atom. The summed E-state index contributed by atoms with van der Waals surface area (Å²) in [5, 5.41) is 0. The Bertz CT molecular complexity index is 2670. The molecular formula is C48H32B2N2O. The van der Waals surface area contributed by atoms with Gasteiger partial charge in [-0.2, -0.15) is 0 Å². The lowest BCUT2D eigenvalue weighted by molar-refractivity contribution is 0.488. The van der Waals surface area contributed by atoms with Gasteiger partial charge < -0.3 is 14.5 Å². The zero-order chi connectivity index (χ0) is 34.9. The lowest BCUT2D eigenvalue weighted by atomic mass is 9.30. The van der Waals surface area contributed by atoms with Crippen molar-refractivity contribution in [1.82, 2.24) is 0 Å². The number of hydrogen-bond acceptors (Lipinski definition) is 3. The molecule has 0 N–H and O–H groups in total. The number of fused-ring (bicyclic) bond motifs is 7. The third-order valence-electron chi connectivity index (χ3n) is 11.2. The van der Waals surface area contributed by atoms with Gasteiger partial charge in [0.25, 0.3) is 6.71 Å². The summed E-state index contributed by atoms with van der Waals surface area (Å²) in [6, 6.07) is 70.3. The highest BCUT2D eigenvalue weighted by atomic mass is 16.5. The maximum atomic E-state index is 7.03. The van der Waals surface area contributed by atoms with Crippen LogP contribution in [-0.4, -0.2) is 13.4 Å². The zero-order valence-corrected chi connectivity index (χ0v) is 28.9. The first-order valence-corrected chi connectivity index (χ1v) is 18.3. The van der Waals surface area contributed by atoms with Gasteiger partial charge in [-0.1, -0.05) is 151 Å². The molecule has 0 bridgehead atoms. The molecule has 0 aliphatic carbocycles. The van der Waals surface area contributed by atoms with E-state index in [4.69, 9.17) is 4.74 Å². The molecule has 0 atom stereocenters. The first-order valence-electron chi connectivity index (χ1n) is 18.3. The second-order valence-corrected chi connectivity index (χ2v) is 14.0. The Morgan fingerprint density at radius 2 is 0.887 bits per heavy atom. The fraction of sp³-hybridized carbons (Fsp3) is 0. The zero-order valence-electron chi connectivity index (χ0n) is 28.9. The van der Waals surface area contributed by atoms with Gasteiger partial charge in [0.1, 0.15) is 11.5 Å². The highest BCUT2D eigenvalue weighted by Gasteiger charge is 2.47. The first kappa shape index (κ1) is 30.0. The van der Waals surface area contributed by atoms with E-state index in [2.05, 4.69) is 204 Å². The van der Waals surface area contributed by atoms with Crippen LogP contribution in [0.15, 0.2) is 194 Å². The molecule has 11 rings (SSSR count). The highest BCUT2D eigenvalue weighted by molar-refractivity contribution is 7.03. The van der Waals surface area contributed by atoms with Crippen LogP contribution in [0.1, 0.15) is 0 Å². The van der Waals surface area contributed by atoms with E-state index in [0.717, 1.165) is 28.6 Å². The Kier molecular flexibility index (Phi) is 6.75. The Morgan fingerprint density at radius 3 is 1.60 bits per heavy atom. The monoisotopic (exact) mass is 674 g/mol. The summed E-state index contributed by atoms with van der Waals surface area (Å²) in [6.07, 6.45) is 0. The third kappa shape index (κ3) is 4.57. The van der Waals surface area contributed by atoms with E-state index in [0.29, 0.717) is 0 Å². The van der Waals surface area contributed by atoms with Crippen molar-refractivity contribution in [3.05, 3.63) is 194 Å². The molecule has 3 aliphatic rings. The van der Waals surface area contributed by atoms with E-state index < -0.39 is 0 Å². The number of anilines is 6. The predicted molar refractivity (Wildman–Crippen MR) is 224 cm³/mol. The smallest absolute Gasteiger partial charge is 0.256 e. The lowest BCUT2D eigenvalue weighted by Crippen LogP contribution is -2.65. The SMILES string of the molecule is c1ccc(B2c3ccccc3N(c3ccc(-c4ccccc4)cc3)c3cc4c5c(c32)N(c2ccccc2)c2ccccc2B5c2ccccc2O4)cc1. The molecular weight excluding hydrogens is 642 g/mol. The molecule has 0 aromatic heterocycles. The Labute approximate surface area is 310 Å². The molecule has 0 amide bonds. The molecule has 3 aliphatic heterocycles. The van der Waals surface area contributed by atoms with Gasteiger partial charge in [0, 0.05) is 40.2 Å². The third-order valence-corrected chi connectivity index (χ3v) is 11.2. The van der Waals surface area contributed by atoms with Crippen LogP contribution in [0, 0.1) is 0 Å². The second-order valence-electron chi connectivity index (χ2n) is 14.0. The summed E-state index contributed by atoms with van der Waals surface area (Å²) >= 11 is 0. The fourth-order valence-electron chi connectivity index (χ4n) is 8.97. The topological polar surface area (TPSA) is 15.7 Å². The maximum Gasteiger partial charge on any atom is 0.256 e. The van der Waals surface area contributed by atoms with Crippen LogP contribution in [0.3, 0.4) is 0 Å². The molecule has 5 heteroatoms. The summed E-state index contributed by atoms with van der Waals surface area (Å²) in [5.41, 5.74) is 16.8. The highest BCUT2D eigenvalue weighted by Crippen LogP contribution is 2.46. The second kappa shape index (κ2) is 11.9. The largest absolute Gasteiger partial charge is 0.458 e. The summed E-state index contributed by atoms with van der Waals surface area (Å²) in [4.78, 5) is 4.96. The average molecular weight is 674 g/mol. The van der Waals surface area contributed by atoms with Gasteiger partial charge in [-0.05, 0) is 80.9 Å². The quantitative estimate of drug-likeness (QED) is 0.176. The van der Waals surface area contributed by atoms with Crippen molar-refractivity contribution in [2.24, 2.45) is 0 Å². The van der Waals surface area contributed by atoms with E-state index >= 15 is 0 Å². The van der Waals surface area contributed by atoms with Crippen molar-refractivity contribution in [3.63, 3.8) is 0 Å². The molecule has 53 heavy (non-hydrogen) atoms. The van der Waals surface area contributed by atoms with Crippen LogP contribution in [-0.2, 0) is 0 Å². The molecule has 0 saturated heterocycles. The molecule has 8 aromatic carbocycles. The van der Waals surface area contributed by atoms with Crippen molar-refractivity contribution in [3.8, 4) is 22.6 Å². The normalized spacial score (nSPS) is 13.3. The Balaban J connectivity index is 1.26. The lowest BCUT2D eigenvalue weighted by Gasteiger charge is -2.45. The Hall–Kier alpha value is -6.71. The van der Waals surface area contributed by atoms with Gasteiger partial charge >= 0.3 is 0 Å². The first-order chi connectivity index (χ1) is 26.3. The van der Waals surface area contributed by atoms with Gasteiger partial charge in [-0.15, -0.1) is 0 Å². The molecule has 8 aromatic rings. The molecule has 0 spiro atoms. The van der Waals surface area contributed by atoms with Crippen molar-refractivity contribution in [1.29, 1.82) is 0 Å². The number of nitrogens with zero attached hydrogens (tertiary/aromatic N) is 2. The van der Waals surface area contributed by atoms with Gasteiger partial charge in [-0.25, -0.2) is 0 Å². The minimum atomic E-state index is -0.0307. The standard InChI is InChI=1S/C48H32B2N2O/c1-4-16-33(17-5-1)34-28-30-37(31-29-34)51-41-25-13-10-22-38(41)49(35-18-6-2-7-19-35)46-43(51)32-45-47-48(46)52(36-20-8-3-9-21-36)42-26-14-11-23-39(42)50(47)40-24-12-15-27-44(40)53-45/h1-32H. The molecule has 3 nitrogen and oxygen atoms in total. The van der Waals surface area contributed by atoms with Gasteiger partial charge in [0.2, 0.25) is 6.71 Å². The predicted octanol–water partition coefficient (Wildman–Crippen LogP) is 8.06. The van der Waals surface area contributed by atoms with Crippen LogP contribution in [0.5, 0.6) is 11.5 Å². The van der Waals surface area contributed by atoms with Crippen LogP contribution in [0.2, 0.25) is 0 Å². The molecule has 0 fully saturated rings. The van der Waals surface area contributed by atoms with Gasteiger partial charge in [-0.3, -0.25) is 0 Å². The van der Waals surface area contributed by atoms with Crippen LogP contribution < -0.4 is 47.3 Å². The summed E-state index contributed by atoms with van der Waals surface area (Å²) in [5.74, 6) is 1.81. The number of hydrogen-bond donors (Lipinski definition) is 0. The molecule has 3 heterocycles. The summed E-state index contributed by atoms with van der Waals surface area (Å²) in [6.45, 7) is -0.0181.